The van der Waals surface area contributed by atoms with Crippen LogP contribution >= 0.6 is 0 Å². The minimum atomic E-state index is -0.350. The molecule has 4 heteroatoms. The predicted molar refractivity (Wildman–Crippen MR) is 71.2 cm³/mol. The van der Waals surface area contributed by atoms with Crippen LogP contribution in [0.25, 0.3) is 0 Å². The van der Waals surface area contributed by atoms with Gasteiger partial charge in [0, 0.05) is 6.42 Å². The molecule has 4 nitrogen and oxygen atoms in total. The Labute approximate surface area is 112 Å². The van der Waals surface area contributed by atoms with E-state index in [2.05, 4.69) is 22.8 Å². The van der Waals surface area contributed by atoms with Crippen LogP contribution in [0, 0.1) is 5.92 Å². The van der Waals surface area contributed by atoms with E-state index in [9.17, 15) is 9.59 Å². The van der Waals surface area contributed by atoms with Crippen molar-refractivity contribution in [2.45, 2.75) is 37.8 Å². The Bertz CT molecular complexity index is 482. The molecule has 2 aliphatic rings. The fraction of sp³-hybridized carbons (Fsp3) is 0.467. The summed E-state index contributed by atoms with van der Waals surface area (Å²) in [6.07, 6.45) is 3.39. The van der Waals surface area contributed by atoms with Crippen molar-refractivity contribution in [3.8, 4) is 0 Å². The second-order valence-corrected chi connectivity index (χ2v) is 5.39. The van der Waals surface area contributed by atoms with Crippen molar-refractivity contribution in [1.82, 2.24) is 10.6 Å². The lowest BCUT2D eigenvalue weighted by atomic mass is 10.0. The molecular formula is C15H18N2O2. The molecule has 1 aliphatic carbocycles. The Morgan fingerprint density at radius 2 is 1.95 bits per heavy atom. The van der Waals surface area contributed by atoms with Crippen molar-refractivity contribution in [1.29, 1.82) is 0 Å². The molecule has 1 aliphatic heterocycles. The van der Waals surface area contributed by atoms with E-state index in [-0.39, 0.29) is 23.9 Å². The Morgan fingerprint density at radius 3 is 2.53 bits per heavy atom. The van der Waals surface area contributed by atoms with Gasteiger partial charge in [-0.1, -0.05) is 30.3 Å². The van der Waals surface area contributed by atoms with Gasteiger partial charge in [0.25, 0.3) is 0 Å². The second kappa shape index (κ2) is 5.03. The topological polar surface area (TPSA) is 58.2 Å². The summed E-state index contributed by atoms with van der Waals surface area (Å²) < 4.78 is 0. The van der Waals surface area contributed by atoms with Gasteiger partial charge in [0.15, 0.2) is 0 Å². The van der Waals surface area contributed by atoms with E-state index >= 15 is 0 Å². The first-order chi connectivity index (χ1) is 9.24. The first-order valence-corrected chi connectivity index (χ1v) is 6.89. The van der Waals surface area contributed by atoms with Crippen molar-refractivity contribution >= 4 is 11.8 Å². The van der Waals surface area contributed by atoms with E-state index in [1.165, 1.54) is 0 Å². The van der Waals surface area contributed by atoms with Crippen LogP contribution in [-0.4, -0.2) is 17.9 Å². The van der Waals surface area contributed by atoms with Crippen LogP contribution in [0.2, 0.25) is 0 Å². The highest BCUT2D eigenvalue weighted by molar-refractivity contribution is 5.91. The van der Waals surface area contributed by atoms with Crippen LogP contribution in [0.15, 0.2) is 30.3 Å². The predicted octanol–water partition coefficient (Wildman–Crippen LogP) is 1.53. The maximum atomic E-state index is 12.2. The summed E-state index contributed by atoms with van der Waals surface area (Å²) >= 11 is 0. The number of amides is 2. The Hall–Kier alpha value is -1.84. The molecule has 19 heavy (non-hydrogen) atoms. The lowest BCUT2D eigenvalue weighted by Gasteiger charge is -2.21. The molecule has 2 amide bonds. The van der Waals surface area contributed by atoms with E-state index in [1.54, 1.807) is 0 Å². The van der Waals surface area contributed by atoms with Gasteiger partial charge in [0.1, 0.15) is 6.04 Å². The van der Waals surface area contributed by atoms with Crippen molar-refractivity contribution < 1.29 is 9.59 Å². The standard InChI is InChI=1S/C15H18N2O2/c18-13-9-8-12(16-13)15(19)17-14(11-6-7-11)10-4-2-1-3-5-10/h1-5,11-12,14H,6-9H2,(H,16,18)(H,17,19)/t12-,14+/m0/s1. The smallest absolute Gasteiger partial charge is 0.243 e. The van der Waals surface area contributed by atoms with E-state index in [4.69, 9.17) is 0 Å². The third-order valence-corrected chi connectivity index (χ3v) is 3.86. The van der Waals surface area contributed by atoms with Gasteiger partial charge in [-0.05, 0) is 30.7 Å². The summed E-state index contributed by atoms with van der Waals surface area (Å²) in [5.41, 5.74) is 1.16. The Kier molecular flexibility index (Phi) is 3.23. The molecule has 1 saturated carbocycles. The zero-order valence-corrected chi connectivity index (χ0v) is 10.8. The number of hydrogen-bond acceptors (Lipinski definition) is 2. The number of hydrogen-bond donors (Lipinski definition) is 2. The molecule has 2 fully saturated rings. The van der Waals surface area contributed by atoms with Gasteiger partial charge < -0.3 is 10.6 Å². The maximum Gasteiger partial charge on any atom is 0.243 e. The lowest BCUT2D eigenvalue weighted by Crippen LogP contribution is -2.43. The molecule has 0 unspecified atom stereocenters. The van der Waals surface area contributed by atoms with Gasteiger partial charge in [-0.25, -0.2) is 0 Å². The average molecular weight is 258 g/mol. The first kappa shape index (κ1) is 12.2. The lowest BCUT2D eigenvalue weighted by molar-refractivity contribution is -0.126. The number of carbonyl (C=O) groups is 2. The van der Waals surface area contributed by atoms with Crippen LogP contribution in [0.5, 0.6) is 0 Å². The fourth-order valence-electron chi connectivity index (χ4n) is 2.63. The molecule has 1 saturated heterocycles. The summed E-state index contributed by atoms with van der Waals surface area (Å²) in [5.74, 6) is 0.470. The van der Waals surface area contributed by atoms with Crippen LogP contribution in [-0.2, 0) is 9.59 Å². The second-order valence-electron chi connectivity index (χ2n) is 5.39. The first-order valence-electron chi connectivity index (χ1n) is 6.89. The van der Waals surface area contributed by atoms with E-state index in [0.717, 1.165) is 18.4 Å². The minimum Gasteiger partial charge on any atom is -0.347 e. The number of nitrogens with one attached hydrogen (secondary N) is 2. The van der Waals surface area contributed by atoms with Crippen LogP contribution in [0.4, 0.5) is 0 Å². The molecule has 1 heterocycles. The average Bonchev–Trinajstić information content (AvgIpc) is 3.18. The summed E-state index contributed by atoms with van der Waals surface area (Å²) in [7, 11) is 0. The molecule has 1 aromatic rings. The van der Waals surface area contributed by atoms with Gasteiger partial charge in [-0.3, -0.25) is 9.59 Å². The fourth-order valence-corrected chi connectivity index (χ4v) is 2.63. The zero-order valence-electron chi connectivity index (χ0n) is 10.8. The van der Waals surface area contributed by atoms with Crippen molar-refractivity contribution in [3.05, 3.63) is 35.9 Å². The number of benzene rings is 1. The molecule has 3 rings (SSSR count). The maximum absolute atomic E-state index is 12.2. The normalized spacial score (nSPS) is 23.8. The summed E-state index contributed by atoms with van der Waals surface area (Å²) in [6, 6.07) is 9.81. The molecule has 0 aromatic heterocycles. The van der Waals surface area contributed by atoms with Gasteiger partial charge in [0.05, 0.1) is 6.04 Å². The SMILES string of the molecule is O=C1CC[C@@H](C(=O)N[C@H](c2ccccc2)C2CC2)N1. The van der Waals surface area contributed by atoms with Crippen molar-refractivity contribution in [3.63, 3.8) is 0 Å². The van der Waals surface area contributed by atoms with E-state index < -0.39 is 0 Å². The van der Waals surface area contributed by atoms with E-state index in [0.29, 0.717) is 18.8 Å². The van der Waals surface area contributed by atoms with Gasteiger partial charge in [-0.15, -0.1) is 0 Å². The Morgan fingerprint density at radius 1 is 1.21 bits per heavy atom. The minimum absolute atomic E-state index is 0.0252. The molecule has 2 N–H and O–H groups in total. The summed E-state index contributed by atoms with van der Waals surface area (Å²) in [5, 5.41) is 5.82. The molecule has 2 atom stereocenters. The largest absolute Gasteiger partial charge is 0.347 e. The van der Waals surface area contributed by atoms with Crippen molar-refractivity contribution in [2.24, 2.45) is 5.92 Å². The molecule has 0 spiro atoms. The highest BCUT2D eigenvalue weighted by atomic mass is 16.2. The summed E-state index contributed by atoms with van der Waals surface area (Å²) in [4.78, 5) is 23.3. The van der Waals surface area contributed by atoms with Crippen LogP contribution in [0.1, 0.15) is 37.3 Å². The number of carbonyl (C=O) groups excluding carboxylic acids is 2. The molecule has 0 radical (unpaired) electrons. The Balaban J connectivity index is 1.68. The van der Waals surface area contributed by atoms with Gasteiger partial charge >= 0.3 is 0 Å². The van der Waals surface area contributed by atoms with E-state index in [1.807, 2.05) is 18.2 Å². The molecule has 1 aromatic carbocycles. The molecular weight excluding hydrogens is 240 g/mol. The quantitative estimate of drug-likeness (QED) is 0.860. The third kappa shape index (κ3) is 2.78. The highest BCUT2D eigenvalue weighted by Gasteiger charge is 2.36. The third-order valence-electron chi connectivity index (χ3n) is 3.86. The summed E-state index contributed by atoms with van der Waals surface area (Å²) in [6.45, 7) is 0. The van der Waals surface area contributed by atoms with Crippen LogP contribution < -0.4 is 10.6 Å². The monoisotopic (exact) mass is 258 g/mol. The van der Waals surface area contributed by atoms with Crippen LogP contribution in [0.3, 0.4) is 0 Å². The van der Waals surface area contributed by atoms with Crippen molar-refractivity contribution in [2.75, 3.05) is 0 Å². The molecule has 100 valence electrons. The van der Waals surface area contributed by atoms with Gasteiger partial charge in [-0.2, -0.15) is 0 Å². The zero-order chi connectivity index (χ0) is 13.2. The number of rotatable bonds is 4. The molecule has 0 bridgehead atoms. The van der Waals surface area contributed by atoms with Gasteiger partial charge in [0.2, 0.25) is 11.8 Å². The highest BCUT2D eigenvalue weighted by Crippen LogP contribution is 2.41.